The highest BCUT2D eigenvalue weighted by molar-refractivity contribution is 7.92. The van der Waals surface area contributed by atoms with Crippen LogP contribution in [-0.4, -0.2) is 26.9 Å². The van der Waals surface area contributed by atoms with Crippen LogP contribution in [0.2, 0.25) is 5.02 Å². The Labute approximate surface area is 185 Å². The van der Waals surface area contributed by atoms with Crippen LogP contribution in [0, 0.1) is 0 Å². The molecule has 0 aliphatic carbocycles. The number of nitrogens with one attached hydrogen (secondary N) is 2. The van der Waals surface area contributed by atoms with E-state index in [0.717, 1.165) is 0 Å². The number of amides is 1. The second-order valence-corrected chi connectivity index (χ2v) is 8.45. The van der Waals surface area contributed by atoms with E-state index in [4.69, 9.17) is 16.3 Å². The molecular formula is C22H19ClN2O5S. The van der Waals surface area contributed by atoms with Gasteiger partial charge in [-0.2, -0.15) is 0 Å². The van der Waals surface area contributed by atoms with E-state index in [1.807, 2.05) is 0 Å². The summed E-state index contributed by atoms with van der Waals surface area (Å²) in [7, 11) is -3.81. The molecule has 0 radical (unpaired) electrons. The lowest BCUT2D eigenvalue weighted by Crippen LogP contribution is -2.15. The number of ether oxygens (including phenoxy) is 1. The van der Waals surface area contributed by atoms with Crippen LogP contribution in [-0.2, 0) is 14.8 Å². The first-order valence-electron chi connectivity index (χ1n) is 9.26. The van der Waals surface area contributed by atoms with Crippen LogP contribution in [0.5, 0.6) is 0 Å². The molecule has 160 valence electrons. The number of carbonyl (C=O) groups is 2. The Morgan fingerprint density at radius 1 is 0.935 bits per heavy atom. The Balaban J connectivity index is 1.71. The van der Waals surface area contributed by atoms with Gasteiger partial charge in [-0.05, 0) is 61.5 Å². The molecule has 7 nitrogen and oxygen atoms in total. The maximum Gasteiger partial charge on any atom is 0.338 e. The number of carbonyl (C=O) groups excluding carboxylic acids is 2. The number of halogens is 1. The zero-order chi connectivity index (χ0) is 22.4. The van der Waals surface area contributed by atoms with Crippen molar-refractivity contribution in [3.8, 4) is 0 Å². The quantitative estimate of drug-likeness (QED) is 0.505. The molecule has 0 bridgehead atoms. The highest BCUT2D eigenvalue weighted by Crippen LogP contribution is 2.26. The van der Waals surface area contributed by atoms with Crippen LogP contribution in [0.1, 0.15) is 27.6 Å². The van der Waals surface area contributed by atoms with E-state index in [9.17, 15) is 18.0 Å². The molecule has 0 aliphatic rings. The molecule has 31 heavy (non-hydrogen) atoms. The molecule has 0 fully saturated rings. The molecule has 0 saturated carbocycles. The molecule has 1 amide bonds. The van der Waals surface area contributed by atoms with Crippen molar-refractivity contribution in [1.29, 1.82) is 0 Å². The van der Waals surface area contributed by atoms with Gasteiger partial charge < -0.3 is 10.1 Å². The second kappa shape index (κ2) is 9.63. The van der Waals surface area contributed by atoms with E-state index in [2.05, 4.69) is 10.0 Å². The largest absolute Gasteiger partial charge is 0.462 e. The average Bonchev–Trinajstić information content (AvgIpc) is 2.76. The number of sulfonamides is 1. The maximum absolute atomic E-state index is 12.5. The fraction of sp³-hybridized carbons (Fsp3) is 0.0909. The van der Waals surface area contributed by atoms with Crippen molar-refractivity contribution in [3.63, 3.8) is 0 Å². The highest BCUT2D eigenvalue weighted by Gasteiger charge is 2.17. The first kappa shape index (κ1) is 22.3. The van der Waals surface area contributed by atoms with E-state index in [-0.39, 0.29) is 27.8 Å². The Morgan fingerprint density at radius 2 is 1.58 bits per heavy atom. The van der Waals surface area contributed by atoms with Crippen molar-refractivity contribution in [3.05, 3.63) is 88.9 Å². The van der Waals surface area contributed by atoms with Crippen molar-refractivity contribution < 1.29 is 22.7 Å². The smallest absolute Gasteiger partial charge is 0.338 e. The van der Waals surface area contributed by atoms with E-state index >= 15 is 0 Å². The van der Waals surface area contributed by atoms with Gasteiger partial charge in [0.05, 0.1) is 27.8 Å². The van der Waals surface area contributed by atoms with Crippen molar-refractivity contribution >= 4 is 44.9 Å². The number of anilines is 2. The minimum absolute atomic E-state index is 0.0739. The topological polar surface area (TPSA) is 102 Å². The zero-order valence-corrected chi connectivity index (χ0v) is 18.0. The van der Waals surface area contributed by atoms with Gasteiger partial charge in [0.25, 0.3) is 15.9 Å². The molecule has 0 saturated heterocycles. The van der Waals surface area contributed by atoms with Gasteiger partial charge in [0.2, 0.25) is 0 Å². The van der Waals surface area contributed by atoms with Gasteiger partial charge in [0.15, 0.2) is 0 Å². The monoisotopic (exact) mass is 458 g/mol. The first-order valence-corrected chi connectivity index (χ1v) is 11.1. The molecule has 0 aliphatic heterocycles. The fourth-order valence-electron chi connectivity index (χ4n) is 2.65. The molecule has 3 rings (SSSR count). The molecule has 0 heterocycles. The summed E-state index contributed by atoms with van der Waals surface area (Å²) in [5.41, 5.74) is 1.24. The summed E-state index contributed by atoms with van der Waals surface area (Å²) >= 11 is 6.20. The molecule has 0 atom stereocenters. The van der Waals surface area contributed by atoms with Crippen LogP contribution in [0.25, 0.3) is 0 Å². The summed E-state index contributed by atoms with van der Waals surface area (Å²) in [4.78, 5) is 24.3. The summed E-state index contributed by atoms with van der Waals surface area (Å²) in [6.45, 7) is 1.99. The number of hydrogen-bond acceptors (Lipinski definition) is 5. The van der Waals surface area contributed by atoms with Gasteiger partial charge in [-0.25, -0.2) is 13.2 Å². The molecular weight excluding hydrogens is 440 g/mol. The van der Waals surface area contributed by atoms with E-state index in [1.54, 1.807) is 49.4 Å². The molecule has 3 aromatic carbocycles. The van der Waals surface area contributed by atoms with Gasteiger partial charge in [-0.15, -0.1) is 0 Å². The van der Waals surface area contributed by atoms with Crippen LogP contribution in [0.3, 0.4) is 0 Å². The Hall–Kier alpha value is -3.36. The van der Waals surface area contributed by atoms with Crippen molar-refractivity contribution in [2.45, 2.75) is 11.8 Å². The molecule has 2 N–H and O–H groups in total. The lowest BCUT2D eigenvalue weighted by atomic mass is 10.1. The number of rotatable bonds is 7. The zero-order valence-electron chi connectivity index (χ0n) is 16.5. The summed E-state index contributed by atoms with van der Waals surface area (Å²) in [6, 6.07) is 18.4. The van der Waals surface area contributed by atoms with E-state index in [1.165, 1.54) is 30.3 Å². The van der Waals surface area contributed by atoms with Crippen molar-refractivity contribution in [2.75, 3.05) is 16.6 Å². The summed E-state index contributed by atoms with van der Waals surface area (Å²) < 4.78 is 32.2. The van der Waals surface area contributed by atoms with Crippen LogP contribution in [0.15, 0.2) is 77.7 Å². The first-order chi connectivity index (χ1) is 14.8. The maximum atomic E-state index is 12.5. The lowest BCUT2D eigenvalue weighted by Gasteiger charge is -2.11. The Morgan fingerprint density at radius 3 is 2.19 bits per heavy atom. The van der Waals surface area contributed by atoms with E-state index < -0.39 is 21.9 Å². The third-order valence-corrected chi connectivity index (χ3v) is 5.88. The lowest BCUT2D eigenvalue weighted by molar-refractivity contribution is 0.0526. The fourth-order valence-corrected chi connectivity index (χ4v) is 4.03. The molecule has 9 heteroatoms. The molecule has 0 aromatic heterocycles. The Bertz CT molecular complexity index is 1200. The second-order valence-electron chi connectivity index (χ2n) is 6.37. The SMILES string of the molecule is CCOC(=O)c1ccc(NC(=O)c2ccc(NS(=O)(=O)c3ccccc3)c(Cl)c2)cc1. The minimum Gasteiger partial charge on any atom is -0.462 e. The van der Waals surface area contributed by atoms with Crippen LogP contribution >= 0.6 is 11.6 Å². The molecule has 0 unspecified atom stereocenters. The van der Waals surface area contributed by atoms with Gasteiger partial charge in [0.1, 0.15) is 0 Å². The van der Waals surface area contributed by atoms with Crippen molar-refractivity contribution in [1.82, 2.24) is 0 Å². The molecule has 3 aromatic rings. The summed E-state index contributed by atoms with van der Waals surface area (Å²) in [5, 5.41) is 2.76. The minimum atomic E-state index is -3.81. The van der Waals surface area contributed by atoms with Crippen LogP contribution < -0.4 is 10.0 Å². The Kier molecular flexibility index (Phi) is 6.94. The van der Waals surface area contributed by atoms with E-state index in [0.29, 0.717) is 11.3 Å². The summed E-state index contributed by atoms with van der Waals surface area (Å²) in [6.07, 6.45) is 0. The number of benzene rings is 3. The summed E-state index contributed by atoms with van der Waals surface area (Å²) in [5.74, 6) is -0.885. The van der Waals surface area contributed by atoms with Gasteiger partial charge in [-0.3, -0.25) is 9.52 Å². The van der Waals surface area contributed by atoms with Gasteiger partial charge in [-0.1, -0.05) is 29.8 Å². The normalized spacial score (nSPS) is 10.9. The van der Waals surface area contributed by atoms with Crippen molar-refractivity contribution in [2.24, 2.45) is 0 Å². The molecule has 0 spiro atoms. The standard InChI is InChI=1S/C22H19ClN2O5S/c1-2-30-22(27)15-8-11-17(12-9-15)24-21(26)16-10-13-20(19(23)14-16)25-31(28,29)18-6-4-3-5-7-18/h3-14,25H,2H2,1H3,(H,24,26). The number of esters is 1. The average molecular weight is 459 g/mol. The number of hydrogen-bond donors (Lipinski definition) is 2. The highest BCUT2D eigenvalue weighted by atomic mass is 35.5. The predicted molar refractivity (Wildman–Crippen MR) is 119 cm³/mol. The van der Waals surface area contributed by atoms with Crippen LogP contribution in [0.4, 0.5) is 11.4 Å². The third kappa shape index (κ3) is 5.62. The predicted octanol–water partition coefficient (Wildman–Crippen LogP) is 4.57. The van der Waals surface area contributed by atoms with Gasteiger partial charge >= 0.3 is 5.97 Å². The van der Waals surface area contributed by atoms with Gasteiger partial charge in [0, 0.05) is 11.3 Å². The third-order valence-electron chi connectivity index (χ3n) is 4.18.